The first-order valence-electron chi connectivity index (χ1n) is 10.8. The first-order chi connectivity index (χ1) is 16.8. The number of nitrogens with zero attached hydrogens (tertiary/aromatic N) is 2. The molecule has 4 aromatic rings. The lowest BCUT2D eigenvalue weighted by Gasteiger charge is -2.14. The third kappa shape index (κ3) is 4.38. The van der Waals surface area contributed by atoms with Crippen molar-refractivity contribution in [3.05, 3.63) is 110 Å². The Bertz CT molecular complexity index is 1510. The maximum atomic E-state index is 14.4. The molecular weight excluding hydrogens is 506 g/mol. The summed E-state index contributed by atoms with van der Waals surface area (Å²) < 4.78 is 16.4. The van der Waals surface area contributed by atoms with Crippen molar-refractivity contribution in [3.63, 3.8) is 0 Å². The van der Waals surface area contributed by atoms with E-state index in [1.165, 1.54) is 6.07 Å². The molecule has 0 atom stereocenters. The average molecular weight is 525 g/mol. The summed E-state index contributed by atoms with van der Waals surface area (Å²) in [6, 6.07) is 19.5. The van der Waals surface area contributed by atoms with E-state index in [9.17, 15) is 14.0 Å². The van der Waals surface area contributed by atoms with E-state index < -0.39 is 5.91 Å². The third-order valence-electron chi connectivity index (χ3n) is 6.09. The van der Waals surface area contributed by atoms with E-state index in [-0.39, 0.29) is 17.6 Å². The SMILES string of the molecule is Cc1c(/C=C2\SC(=O)N(Cc3c(Cl)cccc3Cl)C2=O)c2ccccc2n1Cc1ccccc1F. The lowest BCUT2D eigenvalue weighted by Crippen LogP contribution is -2.27. The van der Waals surface area contributed by atoms with Crippen LogP contribution in [-0.2, 0) is 17.9 Å². The van der Waals surface area contributed by atoms with Crippen LogP contribution in [0, 0.1) is 12.7 Å². The Kier molecular flexibility index (Phi) is 6.45. The number of fused-ring (bicyclic) bond motifs is 1. The van der Waals surface area contributed by atoms with Crippen LogP contribution in [0.4, 0.5) is 9.18 Å². The van der Waals surface area contributed by atoms with Gasteiger partial charge in [0.1, 0.15) is 5.82 Å². The van der Waals surface area contributed by atoms with E-state index in [1.807, 2.05) is 41.8 Å². The number of rotatable bonds is 5. The molecule has 176 valence electrons. The highest BCUT2D eigenvalue weighted by molar-refractivity contribution is 8.18. The molecule has 0 N–H and O–H groups in total. The van der Waals surface area contributed by atoms with Crippen molar-refractivity contribution in [1.82, 2.24) is 9.47 Å². The molecule has 0 unspecified atom stereocenters. The fourth-order valence-corrected chi connectivity index (χ4v) is 5.59. The minimum atomic E-state index is -0.402. The van der Waals surface area contributed by atoms with Crippen molar-refractivity contribution in [2.24, 2.45) is 0 Å². The smallest absolute Gasteiger partial charge is 0.293 e. The number of hydrogen-bond acceptors (Lipinski definition) is 3. The number of carbonyl (C=O) groups is 2. The summed E-state index contributed by atoms with van der Waals surface area (Å²) in [5.74, 6) is -0.674. The molecule has 3 aromatic carbocycles. The van der Waals surface area contributed by atoms with Crippen LogP contribution in [0.3, 0.4) is 0 Å². The molecule has 1 aliphatic heterocycles. The first kappa shape index (κ1) is 23.7. The maximum Gasteiger partial charge on any atom is 0.293 e. The van der Waals surface area contributed by atoms with Gasteiger partial charge in [0, 0.05) is 43.3 Å². The van der Waals surface area contributed by atoms with Crippen LogP contribution >= 0.6 is 35.0 Å². The van der Waals surface area contributed by atoms with Crippen LogP contribution in [0.25, 0.3) is 17.0 Å². The van der Waals surface area contributed by atoms with E-state index in [1.54, 1.807) is 36.4 Å². The number of halogens is 3. The molecule has 0 aliphatic carbocycles. The number of benzene rings is 3. The second-order valence-corrected chi connectivity index (χ2v) is 9.97. The molecule has 1 aliphatic rings. The molecule has 0 spiro atoms. The molecule has 1 fully saturated rings. The van der Waals surface area contributed by atoms with Gasteiger partial charge in [0.15, 0.2) is 0 Å². The average Bonchev–Trinajstić information content (AvgIpc) is 3.25. The number of imide groups is 1. The maximum absolute atomic E-state index is 14.4. The largest absolute Gasteiger partial charge is 0.340 e. The summed E-state index contributed by atoms with van der Waals surface area (Å²) in [5.41, 5.74) is 3.70. The predicted octanol–water partition coefficient (Wildman–Crippen LogP) is 7.68. The van der Waals surface area contributed by atoms with E-state index in [0.29, 0.717) is 32.6 Å². The molecule has 35 heavy (non-hydrogen) atoms. The molecule has 2 amide bonds. The number of thioether (sulfide) groups is 1. The van der Waals surface area contributed by atoms with Crippen LogP contribution in [0.15, 0.2) is 71.6 Å². The van der Waals surface area contributed by atoms with E-state index in [2.05, 4.69) is 0 Å². The van der Waals surface area contributed by atoms with Gasteiger partial charge < -0.3 is 4.57 Å². The fourth-order valence-electron chi connectivity index (χ4n) is 4.25. The van der Waals surface area contributed by atoms with Gasteiger partial charge in [0.05, 0.1) is 18.0 Å². The van der Waals surface area contributed by atoms with Crippen molar-refractivity contribution in [3.8, 4) is 0 Å². The second-order valence-electron chi connectivity index (χ2n) is 8.16. The number of carbonyl (C=O) groups excluding carboxylic acids is 2. The molecule has 4 nitrogen and oxygen atoms in total. The van der Waals surface area contributed by atoms with Crippen LogP contribution < -0.4 is 0 Å². The summed E-state index contributed by atoms with van der Waals surface area (Å²) in [6.07, 6.45) is 1.74. The Balaban J connectivity index is 1.53. The van der Waals surface area contributed by atoms with Crippen molar-refractivity contribution in [2.45, 2.75) is 20.0 Å². The quantitative estimate of drug-likeness (QED) is 0.251. The van der Waals surface area contributed by atoms with Gasteiger partial charge in [-0.25, -0.2) is 4.39 Å². The standard InChI is InChI=1S/C27H19Cl2FN2O2S/c1-16-19(18-8-3-5-12-24(18)31(16)14-17-7-2-4-11-23(17)30)13-25-26(33)32(27(34)35-25)15-20-21(28)9-6-10-22(20)29/h2-13H,14-15H2,1H3/b25-13-. The Morgan fingerprint density at radius 2 is 1.60 bits per heavy atom. The molecule has 1 aromatic heterocycles. The van der Waals surface area contributed by atoms with Crippen LogP contribution in [0.2, 0.25) is 10.0 Å². The Morgan fingerprint density at radius 1 is 0.914 bits per heavy atom. The Hall–Kier alpha value is -3.06. The van der Waals surface area contributed by atoms with Gasteiger partial charge >= 0.3 is 0 Å². The van der Waals surface area contributed by atoms with E-state index in [0.717, 1.165) is 38.8 Å². The van der Waals surface area contributed by atoms with Crippen molar-refractivity contribution >= 4 is 63.1 Å². The molecule has 5 rings (SSSR count). The van der Waals surface area contributed by atoms with Gasteiger partial charge in [0.25, 0.3) is 11.1 Å². The summed E-state index contributed by atoms with van der Waals surface area (Å²) >= 11 is 13.4. The van der Waals surface area contributed by atoms with Gasteiger partial charge in [-0.1, -0.05) is 65.7 Å². The molecule has 1 saturated heterocycles. The van der Waals surface area contributed by atoms with Crippen LogP contribution in [0.5, 0.6) is 0 Å². The molecular formula is C27H19Cl2FN2O2S. The number of hydrogen-bond donors (Lipinski definition) is 0. The Labute approximate surface area is 215 Å². The number of para-hydroxylation sites is 1. The monoisotopic (exact) mass is 524 g/mol. The first-order valence-corrected chi connectivity index (χ1v) is 12.4. The predicted molar refractivity (Wildman–Crippen MR) is 140 cm³/mol. The normalized spacial score (nSPS) is 15.1. The fraction of sp³-hybridized carbons (Fsp3) is 0.111. The van der Waals surface area contributed by atoms with Gasteiger partial charge in [-0.3, -0.25) is 14.5 Å². The van der Waals surface area contributed by atoms with Gasteiger partial charge in [-0.2, -0.15) is 0 Å². The Morgan fingerprint density at radius 3 is 2.34 bits per heavy atom. The van der Waals surface area contributed by atoms with Gasteiger partial charge in [-0.15, -0.1) is 0 Å². The molecule has 0 bridgehead atoms. The zero-order valence-electron chi connectivity index (χ0n) is 18.6. The summed E-state index contributed by atoms with van der Waals surface area (Å²) in [5, 5.41) is 1.33. The van der Waals surface area contributed by atoms with Crippen LogP contribution in [-0.4, -0.2) is 20.6 Å². The molecule has 8 heteroatoms. The molecule has 0 radical (unpaired) electrons. The topological polar surface area (TPSA) is 42.3 Å². The van der Waals surface area contributed by atoms with Crippen molar-refractivity contribution in [2.75, 3.05) is 0 Å². The summed E-state index contributed by atoms with van der Waals surface area (Å²) in [6.45, 7) is 2.27. The van der Waals surface area contributed by atoms with Gasteiger partial charge in [-0.05, 0) is 49.0 Å². The third-order valence-corrected chi connectivity index (χ3v) is 7.71. The van der Waals surface area contributed by atoms with Crippen molar-refractivity contribution in [1.29, 1.82) is 0 Å². The number of amides is 2. The highest BCUT2D eigenvalue weighted by atomic mass is 35.5. The lowest BCUT2D eigenvalue weighted by atomic mass is 10.1. The minimum absolute atomic E-state index is 0.00542. The minimum Gasteiger partial charge on any atom is -0.340 e. The van der Waals surface area contributed by atoms with E-state index >= 15 is 0 Å². The summed E-state index contributed by atoms with van der Waals surface area (Å²) in [7, 11) is 0. The zero-order chi connectivity index (χ0) is 24.7. The number of aromatic nitrogens is 1. The second kappa shape index (κ2) is 9.53. The van der Waals surface area contributed by atoms with Crippen molar-refractivity contribution < 1.29 is 14.0 Å². The lowest BCUT2D eigenvalue weighted by molar-refractivity contribution is -0.123. The highest BCUT2D eigenvalue weighted by Crippen LogP contribution is 2.38. The summed E-state index contributed by atoms with van der Waals surface area (Å²) in [4.78, 5) is 27.4. The molecule has 2 heterocycles. The van der Waals surface area contributed by atoms with Crippen LogP contribution in [0.1, 0.15) is 22.4 Å². The van der Waals surface area contributed by atoms with E-state index in [4.69, 9.17) is 23.2 Å². The highest BCUT2D eigenvalue weighted by Gasteiger charge is 2.36. The molecule has 0 saturated carbocycles. The zero-order valence-corrected chi connectivity index (χ0v) is 20.9. The van der Waals surface area contributed by atoms with Gasteiger partial charge in [0.2, 0.25) is 0 Å².